The van der Waals surface area contributed by atoms with Crippen molar-refractivity contribution in [3.05, 3.63) is 51.6 Å². The summed E-state index contributed by atoms with van der Waals surface area (Å²) >= 11 is 1.66. The molecule has 1 aliphatic rings. The molecule has 0 saturated heterocycles. The van der Waals surface area contributed by atoms with Crippen molar-refractivity contribution in [1.29, 1.82) is 5.41 Å². The monoisotopic (exact) mass is 428 g/mol. The normalized spacial score (nSPS) is 12.5. The molecule has 1 aliphatic heterocycles. The molecule has 0 aliphatic carbocycles. The molecule has 0 spiro atoms. The summed E-state index contributed by atoms with van der Waals surface area (Å²) in [7, 11) is 0. The molecule has 0 unspecified atom stereocenters. The van der Waals surface area contributed by atoms with Crippen LogP contribution in [0, 0.1) is 18.2 Å². The van der Waals surface area contributed by atoms with Crippen LogP contribution in [0.3, 0.4) is 0 Å². The molecule has 0 radical (unpaired) electrons. The van der Waals surface area contributed by atoms with E-state index in [1.54, 1.807) is 11.3 Å². The van der Waals surface area contributed by atoms with Crippen LogP contribution < -0.4 is 16.0 Å². The highest BCUT2D eigenvalue weighted by Crippen LogP contribution is 2.30. The van der Waals surface area contributed by atoms with Gasteiger partial charge in [0, 0.05) is 34.6 Å². The number of anilines is 1. The summed E-state index contributed by atoms with van der Waals surface area (Å²) in [6.07, 6.45) is 3.47. The Morgan fingerprint density at radius 3 is 2.83 bits per heavy atom. The zero-order chi connectivity index (χ0) is 21.3. The average Bonchev–Trinajstić information content (AvgIpc) is 3.24. The molecule has 3 aromatic rings. The lowest BCUT2D eigenvalue weighted by atomic mass is 10.1. The highest BCUT2D eigenvalue weighted by Gasteiger charge is 2.25. The van der Waals surface area contributed by atoms with Crippen LogP contribution in [0.15, 0.2) is 24.7 Å². The van der Waals surface area contributed by atoms with Crippen molar-refractivity contribution >= 4 is 29.3 Å². The van der Waals surface area contributed by atoms with E-state index < -0.39 is 17.9 Å². The minimum atomic E-state index is -0.947. The van der Waals surface area contributed by atoms with E-state index in [0.29, 0.717) is 24.6 Å². The number of hydrogen-bond acceptors (Lipinski definition) is 9. The summed E-state index contributed by atoms with van der Waals surface area (Å²) in [5.74, 6) is -0.679. The number of ether oxygens (including phenoxy) is 1. The summed E-state index contributed by atoms with van der Waals surface area (Å²) in [4.78, 5) is 31.9. The number of nitrogens with one attached hydrogen (secondary N) is 2. The number of carbonyl (C=O) groups excluding carboxylic acids is 1. The van der Waals surface area contributed by atoms with E-state index in [9.17, 15) is 9.18 Å². The molecule has 4 heterocycles. The largest absolute Gasteiger partial charge is 0.444 e. The summed E-state index contributed by atoms with van der Waals surface area (Å²) in [6, 6.07) is 1.40. The first kappa shape index (κ1) is 19.6. The maximum atomic E-state index is 14.8. The van der Waals surface area contributed by atoms with Crippen molar-refractivity contribution in [2.45, 2.75) is 26.6 Å². The molecule has 1 amide bonds. The minimum Gasteiger partial charge on any atom is -0.444 e. The molecule has 3 aromatic heterocycles. The summed E-state index contributed by atoms with van der Waals surface area (Å²) < 4.78 is 19.7. The number of carbonyl (C=O) groups is 1. The Morgan fingerprint density at radius 2 is 2.13 bits per heavy atom. The van der Waals surface area contributed by atoms with Crippen LogP contribution >= 0.6 is 11.3 Å². The van der Waals surface area contributed by atoms with Crippen LogP contribution in [0.4, 0.5) is 15.1 Å². The second-order valence-corrected chi connectivity index (χ2v) is 7.77. The van der Waals surface area contributed by atoms with E-state index in [1.807, 2.05) is 17.1 Å². The van der Waals surface area contributed by atoms with Gasteiger partial charge in [0.15, 0.2) is 11.8 Å². The lowest BCUT2D eigenvalue weighted by Crippen LogP contribution is -2.36. The van der Waals surface area contributed by atoms with Gasteiger partial charge in [-0.2, -0.15) is 0 Å². The highest BCUT2D eigenvalue weighted by molar-refractivity contribution is 7.11. The number of pyridine rings is 1. The van der Waals surface area contributed by atoms with Gasteiger partial charge in [-0.05, 0) is 13.0 Å². The smallest absolute Gasteiger partial charge is 0.414 e. The molecule has 0 fully saturated rings. The van der Waals surface area contributed by atoms with E-state index >= 15 is 0 Å². The van der Waals surface area contributed by atoms with Crippen LogP contribution in [0.5, 0.6) is 0 Å². The van der Waals surface area contributed by atoms with Crippen LogP contribution in [0.25, 0.3) is 11.3 Å². The first-order valence-electron chi connectivity index (χ1n) is 8.84. The fourth-order valence-electron chi connectivity index (χ4n) is 3.00. The zero-order valence-corrected chi connectivity index (χ0v) is 16.7. The predicted molar refractivity (Wildman–Crippen MR) is 107 cm³/mol. The summed E-state index contributed by atoms with van der Waals surface area (Å²) in [5.41, 5.74) is 6.65. The Labute approximate surface area is 174 Å². The van der Waals surface area contributed by atoms with Gasteiger partial charge in [0.1, 0.15) is 12.3 Å². The number of nitrogens with zero attached hydrogens (tertiary/aromatic N) is 5. The number of alkyl carbamates (subject to hydrolysis) is 1. The third kappa shape index (κ3) is 4.03. The summed E-state index contributed by atoms with van der Waals surface area (Å²) in [6.45, 7) is 2.97. The Kier molecular flexibility index (Phi) is 5.23. The number of aromatic nitrogens is 4. The van der Waals surface area contributed by atoms with Gasteiger partial charge >= 0.3 is 6.09 Å². The first-order valence-corrected chi connectivity index (χ1v) is 9.66. The summed E-state index contributed by atoms with van der Waals surface area (Å²) in [5, 5.41) is 9.97. The molecule has 10 nitrogen and oxygen atoms in total. The first-order chi connectivity index (χ1) is 14.4. The number of halogens is 1. The maximum Gasteiger partial charge on any atom is 0.414 e. The molecule has 154 valence electrons. The van der Waals surface area contributed by atoms with Crippen molar-refractivity contribution in [1.82, 2.24) is 25.3 Å². The number of amides is 1. The SMILES string of the molecule is Cc1nc2c(s1)CN(c1ncc(-c3nccc(COC(=O)NC(=N)N)c3F)cn1)C2. The standard InChI is InChI=1S/C18H17FN8O2S/c1-9-25-12-6-27(7-13(12)30-9)17-23-4-11(5-24-17)15-14(19)10(2-3-22-15)8-29-18(28)26-16(20)21/h2-5H,6-8H2,1H3,(H4,20,21,26,28). The number of aryl methyl sites for hydroxylation is 1. The molecule has 12 heteroatoms. The van der Waals surface area contributed by atoms with Gasteiger partial charge in [-0.15, -0.1) is 11.3 Å². The molecule has 30 heavy (non-hydrogen) atoms. The lowest BCUT2D eigenvalue weighted by molar-refractivity contribution is 0.143. The minimum absolute atomic E-state index is 0.0486. The Morgan fingerprint density at radius 1 is 1.37 bits per heavy atom. The van der Waals surface area contributed by atoms with Crippen LogP contribution in [-0.2, 0) is 24.4 Å². The van der Waals surface area contributed by atoms with Crippen LogP contribution in [0.2, 0.25) is 0 Å². The van der Waals surface area contributed by atoms with Crippen molar-refractivity contribution in [2.75, 3.05) is 4.90 Å². The molecular weight excluding hydrogens is 411 g/mol. The number of rotatable bonds is 4. The van der Waals surface area contributed by atoms with Crippen molar-refractivity contribution in [3.63, 3.8) is 0 Å². The van der Waals surface area contributed by atoms with Crippen molar-refractivity contribution in [3.8, 4) is 11.3 Å². The number of nitrogens with two attached hydrogens (primary N) is 1. The fraction of sp³-hybridized carbons (Fsp3) is 0.222. The Balaban J connectivity index is 1.47. The molecule has 0 bridgehead atoms. The van der Waals surface area contributed by atoms with Crippen LogP contribution in [0.1, 0.15) is 21.1 Å². The highest BCUT2D eigenvalue weighted by atomic mass is 32.1. The van der Waals surface area contributed by atoms with Gasteiger partial charge in [0.05, 0.1) is 23.8 Å². The molecule has 4 rings (SSSR count). The maximum absolute atomic E-state index is 14.8. The van der Waals surface area contributed by atoms with Gasteiger partial charge < -0.3 is 15.4 Å². The van der Waals surface area contributed by atoms with E-state index in [0.717, 1.165) is 10.7 Å². The van der Waals surface area contributed by atoms with Gasteiger partial charge in [-0.25, -0.2) is 24.1 Å². The van der Waals surface area contributed by atoms with Gasteiger partial charge in [-0.1, -0.05) is 0 Å². The van der Waals surface area contributed by atoms with E-state index in [4.69, 9.17) is 15.9 Å². The zero-order valence-electron chi connectivity index (χ0n) is 15.8. The topological polar surface area (TPSA) is 143 Å². The molecule has 0 atom stereocenters. The molecule has 0 aromatic carbocycles. The third-order valence-corrected chi connectivity index (χ3v) is 5.32. The second-order valence-electron chi connectivity index (χ2n) is 6.48. The number of fused-ring (bicyclic) bond motifs is 1. The lowest BCUT2D eigenvalue weighted by Gasteiger charge is -2.15. The number of guanidine groups is 1. The van der Waals surface area contributed by atoms with E-state index in [-0.39, 0.29) is 17.9 Å². The molecule has 4 N–H and O–H groups in total. The molecule has 0 saturated carbocycles. The predicted octanol–water partition coefficient (Wildman–Crippen LogP) is 2.08. The second kappa shape index (κ2) is 7.99. The average molecular weight is 428 g/mol. The van der Waals surface area contributed by atoms with Gasteiger partial charge in [0.2, 0.25) is 5.95 Å². The van der Waals surface area contributed by atoms with Crippen LogP contribution in [-0.4, -0.2) is 32.0 Å². The Hall–Kier alpha value is -3.67. The number of thiazole rings is 1. The molecular formula is C18H17FN8O2S. The fourth-order valence-corrected chi connectivity index (χ4v) is 3.96. The van der Waals surface area contributed by atoms with Gasteiger partial charge in [-0.3, -0.25) is 15.7 Å². The van der Waals surface area contributed by atoms with Gasteiger partial charge in [0.25, 0.3) is 0 Å². The van der Waals surface area contributed by atoms with E-state index in [2.05, 4.69) is 19.9 Å². The third-order valence-electron chi connectivity index (χ3n) is 4.32. The van der Waals surface area contributed by atoms with Crippen molar-refractivity contribution in [2.24, 2.45) is 5.73 Å². The quantitative estimate of drug-likeness (QED) is 0.423. The Bertz CT molecular complexity index is 1090. The van der Waals surface area contributed by atoms with E-state index in [1.165, 1.54) is 29.5 Å². The van der Waals surface area contributed by atoms with Crippen molar-refractivity contribution < 1.29 is 13.9 Å². The number of hydrogen-bond donors (Lipinski definition) is 3.